The van der Waals surface area contributed by atoms with Gasteiger partial charge in [-0.3, -0.25) is 4.79 Å². The third-order valence-corrected chi connectivity index (χ3v) is 1.76. The molecule has 0 heterocycles. The van der Waals surface area contributed by atoms with Crippen LogP contribution in [-0.4, -0.2) is 26.8 Å². The van der Waals surface area contributed by atoms with Crippen LogP contribution in [0, 0.1) is 11.3 Å². The fraction of sp³-hybridized carbons (Fsp3) is 0.900. The van der Waals surface area contributed by atoms with Crippen LogP contribution in [0.25, 0.3) is 0 Å². The minimum absolute atomic E-state index is 0.122. The molecular formula is C10H20O3. The summed E-state index contributed by atoms with van der Waals surface area (Å²) in [6, 6.07) is 0. The highest BCUT2D eigenvalue weighted by atomic mass is 16.5. The monoisotopic (exact) mass is 188 g/mol. The molecule has 0 aliphatic rings. The van der Waals surface area contributed by atoms with Gasteiger partial charge in [-0.2, -0.15) is 0 Å². The van der Waals surface area contributed by atoms with Gasteiger partial charge in [0.25, 0.3) is 0 Å². The highest BCUT2D eigenvalue weighted by Crippen LogP contribution is 2.25. The van der Waals surface area contributed by atoms with Gasteiger partial charge >= 0.3 is 5.97 Å². The summed E-state index contributed by atoms with van der Waals surface area (Å²) in [7, 11) is 3.01. The lowest BCUT2D eigenvalue weighted by Crippen LogP contribution is -2.26. The van der Waals surface area contributed by atoms with Crippen molar-refractivity contribution in [3.05, 3.63) is 0 Å². The molecule has 0 aliphatic heterocycles. The van der Waals surface area contributed by atoms with Crippen LogP contribution in [0.3, 0.4) is 0 Å². The third-order valence-electron chi connectivity index (χ3n) is 1.76. The smallest absolute Gasteiger partial charge is 0.311 e. The molecule has 0 fully saturated rings. The maximum absolute atomic E-state index is 11.3. The van der Waals surface area contributed by atoms with E-state index in [1.165, 1.54) is 7.11 Å². The number of hydrogen-bond donors (Lipinski definition) is 0. The summed E-state index contributed by atoms with van der Waals surface area (Å²) in [6.07, 6.45) is 0.785. The first kappa shape index (κ1) is 12.4. The summed E-state index contributed by atoms with van der Waals surface area (Å²) < 4.78 is 9.66. The van der Waals surface area contributed by atoms with Gasteiger partial charge in [-0.25, -0.2) is 0 Å². The van der Waals surface area contributed by atoms with Gasteiger partial charge in [0.15, 0.2) is 0 Å². The van der Waals surface area contributed by atoms with Gasteiger partial charge in [-0.15, -0.1) is 0 Å². The van der Waals surface area contributed by atoms with E-state index in [-0.39, 0.29) is 17.3 Å². The highest BCUT2D eigenvalue weighted by Gasteiger charge is 2.25. The van der Waals surface area contributed by atoms with Crippen LogP contribution in [0.2, 0.25) is 0 Å². The van der Waals surface area contributed by atoms with Crippen molar-refractivity contribution in [1.29, 1.82) is 0 Å². The van der Waals surface area contributed by atoms with E-state index in [1.54, 1.807) is 7.11 Å². The SMILES string of the molecule is COCC(CC(C)(C)C)C(=O)OC. The lowest BCUT2D eigenvalue weighted by atomic mass is 9.85. The van der Waals surface area contributed by atoms with Gasteiger partial charge in [0, 0.05) is 7.11 Å². The van der Waals surface area contributed by atoms with Crippen molar-refractivity contribution >= 4 is 5.97 Å². The first-order valence-electron chi connectivity index (χ1n) is 4.47. The second kappa shape index (κ2) is 5.22. The van der Waals surface area contributed by atoms with Crippen LogP contribution in [0.5, 0.6) is 0 Å². The molecule has 0 aromatic carbocycles. The molecule has 0 rings (SSSR count). The standard InChI is InChI=1S/C10H20O3/c1-10(2,3)6-8(7-12-4)9(11)13-5/h8H,6-7H2,1-5H3. The maximum atomic E-state index is 11.3. The Hall–Kier alpha value is -0.570. The van der Waals surface area contributed by atoms with E-state index in [4.69, 9.17) is 9.47 Å². The van der Waals surface area contributed by atoms with Gasteiger partial charge < -0.3 is 9.47 Å². The zero-order valence-corrected chi connectivity index (χ0v) is 9.22. The van der Waals surface area contributed by atoms with E-state index < -0.39 is 0 Å². The van der Waals surface area contributed by atoms with E-state index in [2.05, 4.69) is 20.8 Å². The zero-order chi connectivity index (χ0) is 10.5. The number of ether oxygens (including phenoxy) is 2. The van der Waals surface area contributed by atoms with Crippen molar-refractivity contribution in [3.8, 4) is 0 Å². The number of methoxy groups -OCH3 is 2. The number of rotatable bonds is 4. The minimum atomic E-state index is -0.184. The second-order valence-electron chi connectivity index (χ2n) is 4.44. The van der Waals surface area contributed by atoms with E-state index in [0.29, 0.717) is 6.61 Å². The van der Waals surface area contributed by atoms with Crippen LogP contribution >= 0.6 is 0 Å². The van der Waals surface area contributed by atoms with Crippen LogP contribution in [-0.2, 0) is 14.3 Å². The summed E-state index contributed by atoms with van der Waals surface area (Å²) in [5.41, 5.74) is 0.122. The molecule has 0 aromatic heterocycles. The molecule has 0 bridgehead atoms. The molecule has 1 atom stereocenters. The Morgan fingerprint density at radius 3 is 2.15 bits per heavy atom. The van der Waals surface area contributed by atoms with E-state index >= 15 is 0 Å². The zero-order valence-electron chi connectivity index (χ0n) is 9.22. The fourth-order valence-electron chi connectivity index (χ4n) is 1.32. The van der Waals surface area contributed by atoms with E-state index in [0.717, 1.165) is 6.42 Å². The lowest BCUT2D eigenvalue weighted by molar-refractivity contribution is -0.148. The minimum Gasteiger partial charge on any atom is -0.469 e. The molecular weight excluding hydrogens is 168 g/mol. The van der Waals surface area contributed by atoms with Crippen LogP contribution in [0.15, 0.2) is 0 Å². The maximum Gasteiger partial charge on any atom is 0.311 e. The highest BCUT2D eigenvalue weighted by molar-refractivity contribution is 5.72. The molecule has 0 aromatic rings. The molecule has 0 radical (unpaired) electrons. The van der Waals surface area contributed by atoms with E-state index in [1.807, 2.05) is 0 Å². The molecule has 0 saturated heterocycles. The average molecular weight is 188 g/mol. The van der Waals surface area contributed by atoms with Crippen LogP contribution < -0.4 is 0 Å². The summed E-state index contributed by atoms with van der Waals surface area (Å²) in [4.78, 5) is 11.3. The molecule has 13 heavy (non-hydrogen) atoms. The van der Waals surface area contributed by atoms with E-state index in [9.17, 15) is 4.79 Å². The van der Waals surface area contributed by atoms with Crippen molar-refractivity contribution in [2.75, 3.05) is 20.8 Å². The quantitative estimate of drug-likeness (QED) is 0.632. The number of carbonyl (C=O) groups is 1. The van der Waals surface area contributed by atoms with Crippen molar-refractivity contribution in [3.63, 3.8) is 0 Å². The molecule has 78 valence electrons. The third kappa shape index (κ3) is 5.64. The summed E-state index contributed by atoms with van der Waals surface area (Å²) in [6.45, 7) is 6.72. The first-order valence-corrected chi connectivity index (χ1v) is 4.47. The second-order valence-corrected chi connectivity index (χ2v) is 4.44. The Morgan fingerprint density at radius 2 is 1.85 bits per heavy atom. The normalized spacial score (nSPS) is 13.9. The number of carbonyl (C=O) groups excluding carboxylic acids is 1. The Kier molecular flexibility index (Phi) is 4.99. The molecule has 0 N–H and O–H groups in total. The van der Waals surface area contributed by atoms with Gasteiger partial charge in [-0.1, -0.05) is 20.8 Å². The molecule has 0 amide bonds. The van der Waals surface area contributed by atoms with Crippen molar-refractivity contribution in [1.82, 2.24) is 0 Å². The molecule has 0 saturated carbocycles. The summed E-state index contributed by atoms with van der Waals surface area (Å²) in [5, 5.41) is 0. The van der Waals surface area contributed by atoms with Crippen molar-refractivity contribution in [2.45, 2.75) is 27.2 Å². The first-order chi connectivity index (χ1) is 5.90. The molecule has 0 aliphatic carbocycles. The molecule has 3 heteroatoms. The predicted octanol–water partition coefficient (Wildman–Crippen LogP) is 1.86. The number of esters is 1. The summed E-state index contributed by atoms with van der Waals surface area (Å²) >= 11 is 0. The number of hydrogen-bond acceptors (Lipinski definition) is 3. The van der Waals surface area contributed by atoms with Gasteiger partial charge in [0.05, 0.1) is 19.6 Å². The lowest BCUT2D eigenvalue weighted by Gasteiger charge is -2.23. The van der Waals surface area contributed by atoms with Gasteiger partial charge in [0.1, 0.15) is 0 Å². The summed E-state index contributed by atoms with van der Waals surface area (Å²) in [5.74, 6) is -0.327. The Bertz CT molecular complexity index is 158. The predicted molar refractivity (Wildman–Crippen MR) is 51.5 cm³/mol. The van der Waals surface area contributed by atoms with Crippen molar-refractivity contribution in [2.24, 2.45) is 11.3 Å². The Labute approximate surface area is 80.4 Å². The van der Waals surface area contributed by atoms with Gasteiger partial charge in [0.2, 0.25) is 0 Å². The molecule has 3 nitrogen and oxygen atoms in total. The van der Waals surface area contributed by atoms with Crippen LogP contribution in [0.1, 0.15) is 27.2 Å². The van der Waals surface area contributed by atoms with Crippen LogP contribution in [0.4, 0.5) is 0 Å². The topological polar surface area (TPSA) is 35.5 Å². The van der Waals surface area contributed by atoms with Crippen molar-refractivity contribution < 1.29 is 14.3 Å². The largest absolute Gasteiger partial charge is 0.469 e. The molecule has 1 unspecified atom stereocenters. The molecule has 0 spiro atoms. The van der Waals surface area contributed by atoms with Gasteiger partial charge in [-0.05, 0) is 11.8 Å². The fourth-order valence-corrected chi connectivity index (χ4v) is 1.32. The Morgan fingerprint density at radius 1 is 1.31 bits per heavy atom. The average Bonchev–Trinajstić information content (AvgIpc) is 2.00. The Balaban J connectivity index is 4.17.